The summed E-state index contributed by atoms with van der Waals surface area (Å²) in [5.74, 6) is 0. The highest BCUT2D eigenvalue weighted by Crippen LogP contribution is 2.49. The number of hydrogen-bond acceptors (Lipinski definition) is 3. The van der Waals surface area contributed by atoms with Crippen LogP contribution in [0.25, 0.3) is 85.9 Å². The van der Waals surface area contributed by atoms with Crippen LogP contribution in [0.15, 0.2) is 192 Å². The van der Waals surface area contributed by atoms with Crippen molar-refractivity contribution in [3.8, 4) is 22.3 Å². The van der Waals surface area contributed by atoms with Crippen LogP contribution in [0.2, 0.25) is 0 Å². The molecule has 2 aromatic heterocycles. The fourth-order valence-corrected chi connectivity index (χ4v) is 9.39. The lowest BCUT2D eigenvalue weighted by molar-refractivity contribution is 0.673. The number of fused-ring (bicyclic) bond motifs is 10. The summed E-state index contributed by atoms with van der Waals surface area (Å²) in [6.45, 7) is 0. The molecule has 11 aromatic rings. The summed E-state index contributed by atoms with van der Waals surface area (Å²) in [5, 5.41) is 9.68. The Labute approximate surface area is 310 Å². The molecule has 2 nitrogen and oxygen atoms in total. The Morgan fingerprint density at radius 3 is 1.81 bits per heavy atom. The van der Waals surface area contributed by atoms with Crippen molar-refractivity contribution >= 4 is 92.1 Å². The predicted octanol–water partition coefficient (Wildman–Crippen LogP) is 15.1. The van der Waals surface area contributed by atoms with Crippen LogP contribution in [0, 0.1) is 0 Å². The molecule has 0 atom stereocenters. The van der Waals surface area contributed by atoms with Gasteiger partial charge in [-0.05, 0) is 86.9 Å². The van der Waals surface area contributed by atoms with Crippen molar-refractivity contribution < 1.29 is 4.42 Å². The van der Waals surface area contributed by atoms with Gasteiger partial charge in [0.05, 0.1) is 10.4 Å². The molecule has 0 aliphatic carbocycles. The molecular weight excluding hydrogens is 663 g/mol. The second-order valence-corrected chi connectivity index (χ2v) is 14.7. The molecule has 0 N–H and O–H groups in total. The molecule has 0 aliphatic rings. The van der Waals surface area contributed by atoms with E-state index < -0.39 is 0 Å². The highest BCUT2D eigenvalue weighted by Gasteiger charge is 2.21. The molecule has 0 spiro atoms. The molecule has 2 heterocycles. The maximum Gasteiger partial charge on any atom is 0.143 e. The zero-order chi connectivity index (χ0) is 34.9. The van der Waals surface area contributed by atoms with Gasteiger partial charge in [-0.15, -0.1) is 11.3 Å². The van der Waals surface area contributed by atoms with Crippen molar-refractivity contribution in [3.05, 3.63) is 188 Å². The Balaban J connectivity index is 1.12. The minimum Gasteiger partial charge on any atom is -0.455 e. The van der Waals surface area contributed by atoms with E-state index in [0.717, 1.165) is 39.0 Å². The van der Waals surface area contributed by atoms with Crippen molar-refractivity contribution in [3.63, 3.8) is 0 Å². The number of thiophene rings is 1. The van der Waals surface area contributed by atoms with Gasteiger partial charge in [-0.25, -0.2) is 0 Å². The Morgan fingerprint density at radius 2 is 1.02 bits per heavy atom. The molecule has 11 rings (SSSR count). The molecule has 3 heteroatoms. The molecule has 248 valence electrons. The number of benzene rings is 9. The van der Waals surface area contributed by atoms with Crippen molar-refractivity contribution in [2.24, 2.45) is 0 Å². The van der Waals surface area contributed by atoms with E-state index in [0.29, 0.717) is 0 Å². The van der Waals surface area contributed by atoms with Crippen molar-refractivity contribution in [2.75, 3.05) is 4.90 Å². The van der Waals surface area contributed by atoms with Crippen LogP contribution in [0.1, 0.15) is 0 Å². The zero-order valence-electron chi connectivity index (χ0n) is 28.7. The lowest BCUT2D eigenvalue weighted by Gasteiger charge is -2.26. The van der Waals surface area contributed by atoms with Gasteiger partial charge < -0.3 is 9.32 Å². The maximum absolute atomic E-state index is 6.62. The molecule has 0 unspecified atom stereocenters. The lowest BCUT2D eigenvalue weighted by Crippen LogP contribution is -2.10. The summed E-state index contributed by atoms with van der Waals surface area (Å²) in [7, 11) is 0. The lowest BCUT2D eigenvalue weighted by atomic mass is 9.98. The van der Waals surface area contributed by atoms with E-state index >= 15 is 0 Å². The quantitative estimate of drug-likeness (QED) is 0.178. The minimum absolute atomic E-state index is 0.923. The number of nitrogens with zero attached hydrogens (tertiary/aromatic N) is 1. The average Bonchev–Trinajstić information content (AvgIpc) is 3.81. The van der Waals surface area contributed by atoms with Crippen LogP contribution in [0.3, 0.4) is 0 Å². The van der Waals surface area contributed by atoms with Crippen LogP contribution in [-0.2, 0) is 0 Å². The summed E-state index contributed by atoms with van der Waals surface area (Å²) in [5.41, 5.74) is 10.1. The largest absolute Gasteiger partial charge is 0.455 e. The number of furan rings is 1. The van der Waals surface area contributed by atoms with E-state index in [1.165, 1.54) is 64.0 Å². The van der Waals surface area contributed by atoms with Crippen molar-refractivity contribution in [1.29, 1.82) is 0 Å². The molecule has 0 saturated carbocycles. The maximum atomic E-state index is 6.62. The highest BCUT2D eigenvalue weighted by molar-refractivity contribution is 7.26. The summed E-state index contributed by atoms with van der Waals surface area (Å²) in [4.78, 5) is 2.41. The minimum atomic E-state index is 0.923. The van der Waals surface area contributed by atoms with Gasteiger partial charge in [0, 0.05) is 43.0 Å². The van der Waals surface area contributed by atoms with E-state index in [-0.39, 0.29) is 0 Å². The SMILES string of the molecule is c1ccc(-c2ccc(N(c3ccc(-c4cccc5ccccc45)cc3)c3cccc4c3sc3ccc5oc6c7ccccc7ccc6c5c34)cc2)cc1. The van der Waals surface area contributed by atoms with E-state index in [2.05, 4.69) is 193 Å². The number of hydrogen-bond donors (Lipinski definition) is 0. The van der Waals surface area contributed by atoms with Gasteiger partial charge in [0.15, 0.2) is 0 Å². The first-order valence-electron chi connectivity index (χ1n) is 18.0. The van der Waals surface area contributed by atoms with E-state index in [9.17, 15) is 0 Å². The van der Waals surface area contributed by atoms with Gasteiger partial charge in [-0.1, -0.05) is 140 Å². The van der Waals surface area contributed by atoms with Gasteiger partial charge in [0.2, 0.25) is 0 Å². The Bertz CT molecular complexity index is 3150. The van der Waals surface area contributed by atoms with Gasteiger partial charge >= 0.3 is 0 Å². The fourth-order valence-electron chi connectivity index (χ4n) is 8.17. The third kappa shape index (κ3) is 4.78. The topological polar surface area (TPSA) is 16.4 Å². The first kappa shape index (κ1) is 30.0. The Hall–Kier alpha value is -6.68. The fraction of sp³-hybridized carbons (Fsp3) is 0. The Kier molecular flexibility index (Phi) is 6.76. The smallest absolute Gasteiger partial charge is 0.143 e. The van der Waals surface area contributed by atoms with Gasteiger partial charge in [-0.3, -0.25) is 0 Å². The standard InChI is InChI=1S/C50H31NOS/c1-2-10-32(11-3-1)33-20-25-37(26-21-33)51(38-27-22-36(23-28-38)40-17-8-14-34-12-4-6-15-39(34)40)44-19-9-18-43-48-46(53-50(43)44)31-30-45-47(48)42-29-24-35-13-5-7-16-41(35)49(42)52-45/h1-31H. The summed E-state index contributed by atoms with van der Waals surface area (Å²) < 4.78 is 9.12. The van der Waals surface area contributed by atoms with Gasteiger partial charge in [0.25, 0.3) is 0 Å². The molecule has 9 aromatic carbocycles. The molecule has 0 radical (unpaired) electrons. The normalized spacial score (nSPS) is 11.8. The second kappa shape index (κ2) is 11.9. The summed E-state index contributed by atoms with van der Waals surface area (Å²) in [6, 6.07) is 67.8. The third-order valence-corrected chi connectivity index (χ3v) is 11.9. The molecular formula is C50H31NOS. The number of anilines is 3. The van der Waals surface area contributed by atoms with Crippen LogP contribution in [0.5, 0.6) is 0 Å². The monoisotopic (exact) mass is 693 g/mol. The average molecular weight is 694 g/mol. The summed E-state index contributed by atoms with van der Waals surface area (Å²) in [6.07, 6.45) is 0. The Morgan fingerprint density at radius 1 is 0.396 bits per heavy atom. The van der Waals surface area contributed by atoms with E-state index in [4.69, 9.17) is 4.42 Å². The predicted molar refractivity (Wildman–Crippen MR) is 227 cm³/mol. The van der Waals surface area contributed by atoms with Crippen LogP contribution >= 0.6 is 11.3 Å². The van der Waals surface area contributed by atoms with E-state index in [1.807, 2.05) is 11.3 Å². The molecule has 0 saturated heterocycles. The first-order valence-corrected chi connectivity index (χ1v) is 18.8. The van der Waals surface area contributed by atoms with Gasteiger partial charge in [-0.2, -0.15) is 0 Å². The van der Waals surface area contributed by atoms with Gasteiger partial charge in [0.1, 0.15) is 11.2 Å². The zero-order valence-corrected chi connectivity index (χ0v) is 29.5. The van der Waals surface area contributed by atoms with Crippen LogP contribution in [-0.4, -0.2) is 0 Å². The molecule has 0 aliphatic heterocycles. The van der Waals surface area contributed by atoms with E-state index in [1.54, 1.807) is 0 Å². The highest BCUT2D eigenvalue weighted by atomic mass is 32.1. The molecule has 0 amide bonds. The van der Waals surface area contributed by atoms with Crippen molar-refractivity contribution in [1.82, 2.24) is 0 Å². The molecule has 53 heavy (non-hydrogen) atoms. The third-order valence-electron chi connectivity index (χ3n) is 10.7. The summed E-state index contributed by atoms with van der Waals surface area (Å²) >= 11 is 1.85. The van der Waals surface area contributed by atoms with Crippen LogP contribution < -0.4 is 4.90 Å². The van der Waals surface area contributed by atoms with Crippen molar-refractivity contribution in [2.45, 2.75) is 0 Å². The second-order valence-electron chi connectivity index (χ2n) is 13.7. The first-order chi connectivity index (χ1) is 26.3. The molecule has 0 bridgehead atoms. The number of rotatable bonds is 5. The van der Waals surface area contributed by atoms with Crippen LogP contribution in [0.4, 0.5) is 17.1 Å². The molecule has 0 fully saturated rings.